The van der Waals surface area contributed by atoms with Gasteiger partial charge in [-0.25, -0.2) is 0 Å². The minimum Gasteiger partial charge on any atom is -0.481 e. The molecule has 0 saturated heterocycles. The predicted molar refractivity (Wildman–Crippen MR) is 86.9 cm³/mol. The summed E-state index contributed by atoms with van der Waals surface area (Å²) < 4.78 is 4.82. The van der Waals surface area contributed by atoms with E-state index in [-0.39, 0.29) is 6.61 Å². The molecule has 0 spiro atoms. The molecule has 5 heteroatoms. The summed E-state index contributed by atoms with van der Waals surface area (Å²) >= 11 is 0. The summed E-state index contributed by atoms with van der Waals surface area (Å²) in [6, 6.07) is 15.5. The maximum absolute atomic E-state index is 11.7. The zero-order chi connectivity index (χ0) is 16.8. The Kier molecular flexibility index (Phi) is 5.49. The van der Waals surface area contributed by atoms with Crippen LogP contribution in [-0.4, -0.2) is 29.7 Å². The molecule has 0 heterocycles. The standard InChI is InChI=1S/C18H19NO4/c1-2-23-18(22)16(19)15(17(20)21)14-10-8-13(9-11-14)12-6-4-3-5-7-12/h3-11,15-16H,2,19H2,1H3,(H,20,21). The van der Waals surface area contributed by atoms with Gasteiger partial charge < -0.3 is 15.6 Å². The first-order valence-corrected chi connectivity index (χ1v) is 7.35. The average molecular weight is 313 g/mol. The summed E-state index contributed by atoms with van der Waals surface area (Å²) in [5, 5.41) is 9.41. The molecule has 0 radical (unpaired) electrons. The summed E-state index contributed by atoms with van der Waals surface area (Å²) in [4.78, 5) is 23.3. The van der Waals surface area contributed by atoms with E-state index < -0.39 is 23.9 Å². The number of carbonyl (C=O) groups excluding carboxylic acids is 1. The summed E-state index contributed by atoms with van der Waals surface area (Å²) in [6.07, 6.45) is 0. The van der Waals surface area contributed by atoms with Crippen LogP contribution in [0.1, 0.15) is 18.4 Å². The molecule has 0 fully saturated rings. The number of carbonyl (C=O) groups is 2. The van der Waals surface area contributed by atoms with Gasteiger partial charge >= 0.3 is 11.9 Å². The van der Waals surface area contributed by atoms with E-state index >= 15 is 0 Å². The molecule has 2 aromatic rings. The smallest absolute Gasteiger partial charge is 0.324 e. The number of rotatable bonds is 6. The Balaban J connectivity index is 2.27. The van der Waals surface area contributed by atoms with Gasteiger partial charge in [0.05, 0.1) is 6.61 Å². The molecule has 120 valence electrons. The minimum atomic E-state index is -1.24. The van der Waals surface area contributed by atoms with Crippen LogP contribution in [0.4, 0.5) is 0 Å². The Hall–Kier alpha value is -2.66. The van der Waals surface area contributed by atoms with Gasteiger partial charge in [-0.1, -0.05) is 54.6 Å². The highest BCUT2D eigenvalue weighted by atomic mass is 16.5. The minimum absolute atomic E-state index is 0.159. The van der Waals surface area contributed by atoms with Gasteiger partial charge in [0.1, 0.15) is 12.0 Å². The van der Waals surface area contributed by atoms with Crippen molar-refractivity contribution in [2.45, 2.75) is 18.9 Å². The highest BCUT2D eigenvalue weighted by Gasteiger charge is 2.33. The van der Waals surface area contributed by atoms with Crippen molar-refractivity contribution in [3.63, 3.8) is 0 Å². The van der Waals surface area contributed by atoms with E-state index in [1.807, 2.05) is 42.5 Å². The Bertz CT molecular complexity index is 667. The Morgan fingerprint density at radius 3 is 2.13 bits per heavy atom. The summed E-state index contributed by atoms with van der Waals surface area (Å²) in [6.45, 7) is 1.81. The van der Waals surface area contributed by atoms with Gasteiger partial charge in [-0.05, 0) is 23.6 Å². The van der Waals surface area contributed by atoms with Gasteiger partial charge in [-0.3, -0.25) is 9.59 Å². The molecule has 2 aromatic carbocycles. The van der Waals surface area contributed by atoms with Crippen molar-refractivity contribution in [3.05, 3.63) is 60.2 Å². The van der Waals surface area contributed by atoms with Gasteiger partial charge in [0.15, 0.2) is 0 Å². The molecule has 5 nitrogen and oxygen atoms in total. The zero-order valence-electron chi connectivity index (χ0n) is 12.8. The first kappa shape index (κ1) is 16.7. The topological polar surface area (TPSA) is 89.6 Å². The lowest BCUT2D eigenvalue weighted by Crippen LogP contribution is -2.41. The van der Waals surface area contributed by atoms with Crippen LogP contribution in [0.5, 0.6) is 0 Å². The van der Waals surface area contributed by atoms with E-state index in [4.69, 9.17) is 10.5 Å². The molecule has 0 amide bonds. The maximum Gasteiger partial charge on any atom is 0.324 e. The number of carboxylic acids is 1. The van der Waals surface area contributed by atoms with Crippen molar-refractivity contribution in [1.29, 1.82) is 0 Å². The van der Waals surface area contributed by atoms with Gasteiger partial charge in [0.2, 0.25) is 0 Å². The lowest BCUT2D eigenvalue weighted by atomic mass is 9.90. The van der Waals surface area contributed by atoms with Crippen LogP contribution in [-0.2, 0) is 14.3 Å². The number of hydrogen-bond acceptors (Lipinski definition) is 4. The molecule has 23 heavy (non-hydrogen) atoms. The molecule has 0 aliphatic carbocycles. The second-order valence-corrected chi connectivity index (χ2v) is 5.08. The van der Waals surface area contributed by atoms with Crippen LogP contribution in [0.25, 0.3) is 11.1 Å². The number of esters is 1. The first-order valence-electron chi connectivity index (χ1n) is 7.35. The largest absolute Gasteiger partial charge is 0.481 e. The zero-order valence-corrected chi connectivity index (χ0v) is 12.8. The first-order chi connectivity index (χ1) is 11.0. The van der Waals surface area contributed by atoms with Gasteiger partial charge in [-0.2, -0.15) is 0 Å². The second-order valence-electron chi connectivity index (χ2n) is 5.08. The van der Waals surface area contributed by atoms with E-state index in [1.165, 1.54) is 0 Å². The quantitative estimate of drug-likeness (QED) is 0.799. The lowest BCUT2D eigenvalue weighted by molar-refractivity contribution is -0.150. The Labute approximate surface area is 134 Å². The third-order valence-corrected chi connectivity index (χ3v) is 3.56. The normalized spacial score (nSPS) is 13.1. The molecule has 2 atom stereocenters. The lowest BCUT2D eigenvalue weighted by Gasteiger charge is -2.19. The van der Waals surface area contributed by atoms with Crippen LogP contribution in [0, 0.1) is 0 Å². The Morgan fingerprint density at radius 2 is 1.61 bits per heavy atom. The number of carboxylic acid groups (broad SMARTS) is 1. The van der Waals surface area contributed by atoms with Gasteiger partial charge in [-0.15, -0.1) is 0 Å². The van der Waals surface area contributed by atoms with Crippen molar-refractivity contribution in [2.24, 2.45) is 5.73 Å². The summed E-state index contributed by atoms with van der Waals surface area (Å²) in [7, 11) is 0. The third-order valence-electron chi connectivity index (χ3n) is 3.56. The number of aliphatic carboxylic acids is 1. The second kappa shape index (κ2) is 7.56. The number of benzene rings is 2. The van der Waals surface area contributed by atoms with Crippen molar-refractivity contribution < 1.29 is 19.4 Å². The molecular formula is C18H19NO4. The fourth-order valence-electron chi connectivity index (χ4n) is 2.39. The van der Waals surface area contributed by atoms with E-state index in [1.54, 1.807) is 19.1 Å². The van der Waals surface area contributed by atoms with Crippen molar-refractivity contribution in [1.82, 2.24) is 0 Å². The maximum atomic E-state index is 11.7. The highest BCUT2D eigenvalue weighted by Crippen LogP contribution is 2.25. The van der Waals surface area contributed by atoms with Crippen LogP contribution in [0.2, 0.25) is 0 Å². The number of ether oxygens (including phenoxy) is 1. The molecule has 2 rings (SSSR count). The van der Waals surface area contributed by atoms with Crippen LogP contribution >= 0.6 is 0 Å². The molecule has 3 N–H and O–H groups in total. The predicted octanol–water partition coefficient (Wildman–Crippen LogP) is 2.41. The number of nitrogens with two attached hydrogens (primary N) is 1. The fraction of sp³-hybridized carbons (Fsp3) is 0.222. The molecule has 2 unspecified atom stereocenters. The van der Waals surface area contributed by atoms with Crippen LogP contribution in [0.15, 0.2) is 54.6 Å². The average Bonchev–Trinajstić information content (AvgIpc) is 2.56. The van der Waals surface area contributed by atoms with Gasteiger partial charge in [0.25, 0.3) is 0 Å². The van der Waals surface area contributed by atoms with Crippen LogP contribution in [0.3, 0.4) is 0 Å². The van der Waals surface area contributed by atoms with Crippen molar-refractivity contribution in [3.8, 4) is 11.1 Å². The van der Waals surface area contributed by atoms with E-state index in [9.17, 15) is 14.7 Å². The van der Waals surface area contributed by atoms with E-state index in [0.717, 1.165) is 11.1 Å². The van der Waals surface area contributed by atoms with Crippen LogP contribution < -0.4 is 5.73 Å². The van der Waals surface area contributed by atoms with E-state index in [2.05, 4.69) is 0 Å². The SMILES string of the molecule is CCOC(=O)C(N)C(C(=O)O)c1ccc(-c2ccccc2)cc1. The van der Waals surface area contributed by atoms with Crippen molar-refractivity contribution >= 4 is 11.9 Å². The molecule has 0 bridgehead atoms. The highest BCUT2D eigenvalue weighted by molar-refractivity contribution is 5.87. The third kappa shape index (κ3) is 3.96. The van der Waals surface area contributed by atoms with Crippen molar-refractivity contribution in [2.75, 3.05) is 6.61 Å². The molecule has 0 aliphatic heterocycles. The molecule has 0 aromatic heterocycles. The number of hydrogen-bond donors (Lipinski definition) is 2. The fourth-order valence-corrected chi connectivity index (χ4v) is 2.39. The monoisotopic (exact) mass is 313 g/mol. The molecular weight excluding hydrogens is 294 g/mol. The molecule has 0 saturated carbocycles. The Morgan fingerprint density at radius 1 is 1.04 bits per heavy atom. The van der Waals surface area contributed by atoms with E-state index in [0.29, 0.717) is 5.56 Å². The van der Waals surface area contributed by atoms with Gasteiger partial charge in [0, 0.05) is 0 Å². The summed E-state index contributed by atoms with van der Waals surface area (Å²) in [5.41, 5.74) is 8.23. The summed E-state index contributed by atoms with van der Waals surface area (Å²) in [5.74, 6) is -3.01. The molecule has 0 aliphatic rings.